The molecule has 2 atom stereocenters. The van der Waals surface area contributed by atoms with E-state index in [-0.39, 0.29) is 38.6 Å². The summed E-state index contributed by atoms with van der Waals surface area (Å²) in [5.74, 6) is -0.837. The second-order valence-electron chi connectivity index (χ2n) is 12.4. The lowest BCUT2D eigenvalue weighted by Crippen LogP contribution is -2.29. The number of hydrogen-bond acceptors (Lipinski definition) is 8. The highest BCUT2D eigenvalue weighted by Gasteiger charge is 2.25. The fraction of sp³-hybridized carbons (Fsp3) is 0.889. The summed E-state index contributed by atoms with van der Waals surface area (Å²) in [5, 5.41) is 0. The van der Waals surface area contributed by atoms with Crippen molar-refractivity contribution in [2.24, 2.45) is 5.73 Å². The Morgan fingerprint density at radius 2 is 1.07 bits per heavy atom. The summed E-state index contributed by atoms with van der Waals surface area (Å²) >= 11 is 0. The first-order valence-electron chi connectivity index (χ1n) is 18.7. The fourth-order valence-corrected chi connectivity index (χ4v) is 5.86. The molecule has 0 fully saturated rings. The van der Waals surface area contributed by atoms with Crippen LogP contribution in [0.3, 0.4) is 0 Å². The molecule has 0 bridgehead atoms. The van der Waals surface area contributed by atoms with Crippen molar-refractivity contribution < 1.29 is 37.6 Å². The van der Waals surface area contributed by atoms with Gasteiger partial charge in [-0.2, -0.15) is 0 Å². The fourth-order valence-electron chi connectivity index (χ4n) is 5.10. The molecule has 0 aliphatic heterocycles. The van der Waals surface area contributed by atoms with Crippen LogP contribution in [0.15, 0.2) is 12.2 Å². The lowest BCUT2D eigenvalue weighted by Gasteiger charge is -2.19. The lowest BCUT2D eigenvalue weighted by molar-refractivity contribution is -0.161. The van der Waals surface area contributed by atoms with Crippen molar-refractivity contribution in [2.75, 3.05) is 26.4 Å². The number of phosphoric ester groups is 1. The third-order valence-corrected chi connectivity index (χ3v) is 8.89. The second-order valence-corrected chi connectivity index (χ2v) is 13.9. The highest BCUT2D eigenvalue weighted by Crippen LogP contribution is 2.43. The van der Waals surface area contributed by atoms with Crippen LogP contribution in [-0.2, 0) is 32.7 Å². The molecule has 0 aromatic carbocycles. The average Bonchev–Trinajstić information content (AvgIpc) is 3.04. The molecule has 9 nitrogen and oxygen atoms in total. The van der Waals surface area contributed by atoms with Gasteiger partial charge in [0.05, 0.1) is 13.2 Å². The molecule has 0 saturated heterocycles. The number of nitrogens with two attached hydrogens (primary N) is 1. The van der Waals surface area contributed by atoms with Gasteiger partial charge < -0.3 is 20.1 Å². The van der Waals surface area contributed by atoms with Gasteiger partial charge in [0.1, 0.15) is 6.61 Å². The van der Waals surface area contributed by atoms with Crippen molar-refractivity contribution in [2.45, 2.75) is 180 Å². The first-order valence-corrected chi connectivity index (χ1v) is 20.2. The summed E-state index contributed by atoms with van der Waals surface area (Å²) in [7, 11) is -4.36. The van der Waals surface area contributed by atoms with E-state index in [1.165, 1.54) is 89.9 Å². The molecule has 10 heteroatoms. The van der Waals surface area contributed by atoms with Gasteiger partial charge in [-0.25, -0.2) is 4.57 Å². The summed E-state index contributed by atoms with van der Waals surface area (Å²) < 4.78 is 32.6. The highest BCUT2D eigenvalue weighted by molar-refractivity contribution is 7.47. The van der Waals surface area contributed by atoms with E-state index in [2.05, 4.69) is 26.0 Å². The number of phosphoric acid groups is 1. The largest absolute Gasteiger partial charge is 0.472 e. The maximum Gasteiger partial charge on any atom is 0.472 e. The van der Waals surface area contributed by atoms with Crippen LogP contribution in [-0.4, -0.2) is 49.3 Å². The molecule has 0 aliphatic carbocycles. The first kappa shape index (κ1) is 44.8. The number of rotatable bonds is 35. The van der Waals surface area contributed by atoms with E-state index < -0.39 is 26.5 Å². The Balaban J connectivity index is 4.21. The number of carbonyl (C=O) groups excluding carboxylic acids is 2. The second kappa shape index (κ2) is 33.6. The maximum absolute atomic E-state index is 12.5. The van der Waals surface area contributed by atoms with Crippen LogP contribution >= 0.6 is 7.82 Å². The monoisotopic (exact) mass is 675 g/mol. The molecule has 2 unspecified atom stereocenters. The van der Waals surface area contributed by atoms with E-state index in [0.29, 0.717) is 6.42 Å². The molecule has 0 radical (unpaired) electrons. The van der Waals surface area contributed by atoms with Crippen LogP contribution < -0.4 is 5.73 Å². The minimum atomic E-state index is -4.36. The van der Waals surface area contributed by atoms with Gasteiger partial charge in [0.15, 0.2) is 6.10 Å². The van der Waals surface area contributed by atoms with Crippen LogP contribution in [0.4, 0.5) is 0 Å². The molecule has 0 saturated carbocycles. The zero-order chi connectivity index (χ0) is 34.0. The molecular formula is C36H70NO8P. The standard InChI is InChI=1S/C36H70NO8P/c1-3-5-7-9-11-13-14-15-16-17-18-19-21-23-25-27-29-36(39)45-34(33-44-46(40,41)43-31-30-37)32-42-35(38)28-26-24-22-20-12-10-8-6-4-2/h16-17,34H,3-15,18-33,37H2,1-2H3,(H,40,41)/b17-16-. The normalized spacial score (nSPS) is 13.6. The molecule has 0 heterocycles. The SMILES string of the molecule is CCCCCCCCC/C=C\CCCCCCCC(=O)OC(COC(=O)CCCCCCCCCCC)COP(=O)(O)OCCN. The zero-order valence-corrected chi connectivity index (χ0v) is 30.5. The van der Waals surface area contributed by atoms with Crippen LogP contribution in [0.1, 0.15) is 174 Å². The Hall–Kier alpha value is -1.25. The Morgan fingerprint density at radius 3 is 1.54 bits per heavy atom. The Bertz CT molecular complexity index is 779. The van der Waals surface area contributed by atoms with E-state index in [4.69, 9.17) is 24.3 Å². The Labute approximate surface area is 281 Å². The van der Waals surface area contributed by atoms with Gasteiger partial charge >= 0.3 is 19.8 Å². The van der Waals surface area contributed by atoms with Gasteiger partial charge in [-0.15, -0.1) is 0 Å². The molecule has 0 aliphatic rings. The molecule has 272 valence electrons. The van der Waals surface area contributed by atoms with Crippen molar-refractivity contribution in [3.63, 3.8) is 0 Å². The number of unbranched alkanes of at least 4 members (excludes halogenated alkanes) is 20. The summed E-state index contributed by atoms with van der Waals surface area (Å²) in [6.07, 6.45) is 31.0. The van der Waals surface area contributed by atoms with Gasteiger partial charge in [0, 0.05) is 19.4 Å². The highest BCUT2D eigenvalue weighted by atomic mass is 31.2. The van der Waals surface area contributed by atoms with E-state index in [0.717, 1.165) is 51.4 Å². The molecule has 3 N–H and O–H groups in total. The molecule has 0 aromatic rings. The van der Waals surface area contributed by atoms with E-state index >= 15 is 0 Å². The number of ether oxygens (including phenoxy) is 2. The summed E-state index contributed by atoms with van der Waals surface area (Å²) in [6.45, 7) is 3.69. The number of hydrogen-bond donors (Lipinski definition) is 2. The molecule has 0 amide bonds. The van der Waals surface area contributed by atoms with Crippen molar-refractivity contribution in [3.05, 3.63) is 12.2 Å². The third-order valence-electron chi connectivity index (χ3n) is 7.90. The Morgan fingerprint density at radius 1 is 0.630 bits per heavy atom. The topological polar surface area (TPSA) is 134 Å². The van der Waals surface area contributed by atoms with Gasteiger partial charge in [0.2, 0.25) is 0 Å². The molecule has 46 heavy (non-hydrogen) atoms. The molecule has 0 aromatic heterocycles. The summed E-state index contributed by atoms with van der Waals surface area (Å²) in [6, 6.07) is 0. The zero-order valence-electron chi connectivity index (χ0n) is 29.6. The van der Waals surface area contributed by atoms with Gasteiger partial charge in [-0.05, 0) is 38.5 Å². The molecular weight excluding hydrogens is 605 g/mol. The van der Waals surface area contributed by atoms with Crippen LogP contribution in [0, 0.1) is 0 Å². The minimum Gasteiger partial charge on any atom is -0.462 e. The number of esters is 2. The number of allylic oxidation sites excluding steroid dienone is 2. The van der Waals surface area contributed by atoms with Crippen molar-refractivity contribution in [1.29, 1.82) is 0 Å². The van der Waals surface area contributed by atoms with Gasteiger partial charge in [0.25, 0.3) is 0 Å². The van der Waals surface area contributed by atoms with E-state index in [1.54, 1.807) is 0 Å². The smallest absolute Gasteiger partial charge is 0.462 e. The maximum atomic E-state index is 12.5. The van der Waals surface area contributed by atoms with Crippen LogP contribution in [0.25, 0.3) is 0 Å². The molecule has 0 rings (SSSR count). The van der Waals surface area contributed by atoms with Crippen molar-refractivity contribution >= 4 is 19.8 Å². The predicted molar refractivity (Wildman–Crippen MR) is 188 cm³/mol. The van der Waals surface area contributed by atoms with Gasteiger partial charge in [-0.1, -0.05) is 135 Å². The molecule has 0 spiro atoms. The van der Waals surface area contributed by atoms with Crippen molar-refractivity contribution in [3.8, 4) is 0 Å². The third kappa shape index (κ3) is 32.7. The quantitative estimate of drug-likeness (QED) is 0.0291. The summed E-state index contributed by atoms with van der Waals surface area (Å²) in [5.41, 5.74) is 5.32. The number of carbonyl (C=O) groups is 2. The summed E-state index contributed by atoms with van der Waals surface area (Å²) in [4.78, 5) is 34.6. The van der Waals surface area contributed by atoms with Crippen LogP contribution in [0.5, 0.6) is 0 Å². The lowest BCUT2D eigenvalue weighted by atomic mass is 10.1. The van der Waals surface area contributed by atoms with E-state index in [9.17, 15) is 19.0 Å². The Kier molecular flexibility index (Phi) is 32.7. The first-order chi connectivity index (χ1) is 22.3. The van der Waals surface area contributed by atoms with Crippen LogP contribution in [0.2, 0.25) is 0 Å². The van der Waals surface area contributed by atoms with Gasteiger partial charge in [-0.3, -0.25) is 18.6 Å². The van der Waals surface area contributed by atoms with Crippen molar-refractivity contribution in [1.82, 2.24) is 0 Å². The predicted octanol–water partition coefficient (Wildman–Crippen LogP) is 9.88. The minimum absolute atomic E-state index is 0.0544. The average molecular weight is 676 g/mol. The van der Waals surface area contributed by atoms with E-state index in [1.807, 2.05) is 0 Å².